The van der Waals surface area contributed by atoms with E-state index in [1.165, 1.54) is 18.9 Å². The molecule has 0 N–H and O–H groups in total. The molecule has 90 valence electrons. The molecule has 1 rings (SSSR count). The second-order valence-corrected chi connectivity index (χ2v) is 4.59. The van der Waals surface area contributed by atoms with E-state index in [2.05, 4.69) is 6.92 Å². The minimum atomic E-state index is -0.270. The summed E-state index contributed by atoms with van der Waals surface area (Å²) in [7, 11) is 0. The summed E-state index contributed by atoms with van der Waals surface area (Å²) in [6.07, 6.45) is 6.54. The first-order chi connectivity index (χ1) is 7.77. The van der Waals surface area contributed by atoms with Crippen molar-refractivity contribution in [2.45, 2.75) is 37.5 Å². The van der Waals surface area contributed by atoms with Gasteiger partial charge >= 0.3 is 0 Å². The molecule has 0 spiro atoms. The molecule has 16 heavy (non-hydrogen) atoms. The Kier molecular flexibility index (Phi) is 6.31. The molecular weight excluding hydrogens is 223 g/mol. The third kappa shape index (κ3) is 4.44. The van der Waals surface area contributed by atoms with Crippen LogP contribution in [0.3, 0.4) is 0 Å². The molecule has 0 fully saturated rings. The lowest BCUT2D eigenvalue weighted by Gasteiger charge is -2.08. The number of thioether (sulfide) groups is 1. The lowest BCUT2D eigenvalue weighted by Crippen LogP contribution is -1.99. The van der Waals surface area contributed by atoms with Gasteiger partial charge in [0.1, 0.15) is 0 Å². The van der Waals surface area contributed by atoms with Crippen LogP contribution in [0.25, 0.3) is 0 Å². The van der Waals surface area contributed by atoms with Gasteiger partial charge in [-0.15, -0.1) is 11.8 Å². The van der Waals surface area contributed by atoms with Crippen molar-refractivity contribution >= 4 is 11.8 Å². The van der Waals surface area contributed by atoms with E-state index in [9.17, 15) is 4.39 Å². The maximum absolute atomic E-state index is 13.3. The predicted octanol–water partition coefficient (Wildman–Crippen LogP) is 4.51. The van der Waals surface area contributed by atoms with Gasteiger partial charge in [-0.3, -0.25) is 0 Å². The van der Waals surface area contributed by atoms with E-state index in [1.54, 1.807) is 23.9 Å². The van der Waals surface area contributed by atoms with Crippen LogP contribution in [0.4, 0.5) is 4.39 Å². The summed E-state index contributed by atoms with van der Waals surface area (Å²) in [6, 6.07) is 5.00. The van der Waals surface area contributed by atoms with E-state index < -0.39 is 0 Å². The normalized spacial score (nSPS) is 10.4. The van der Waals surface area contributed by atoms with Gasteiger partial charge in [-0.1, -0.05) is 26.2 Å². The van der Waals surface area contributed by atoms with Crippen molar-refractivity contribution in [2.75, 3.05) is 12.9 Å². The molecule has 0 aromatic heterocycles. The molecule has 0 bridgehead atoms. The molecule has 1 aromatic carbocycles. The van der Waals surface area contributed by atoms with E-state index in [-0.39, 0.29) is 5.82 Å². The zero-order valence-electron chi connectivity index (χ0n) is 9.96. The second kappa shape index (κ2) is 7.55. The molecule has 3 heteroatoms. The van der Waals surface area contributed by atoms with Crippen molar-refractivity contribution in [3.8, 4) is 5.75 Å². The van der Waals surface area contributed by atoms with E-state index in [1.807, 2.05) is 6.26 Å². The number of rotatable bonds is 7. The second-order valence-electron chi connectivity index (χ2n) is 3.71. The van der Waals surface area contributed by atoms with Gasteiger partial charge in [-0.2, -0.15) is 0 Å². The summed E-state index contributed by atoms with van der Waals surface area (Å²) in [6.45, 7) is 2.78. The Morgan fingerprint density at radius 3 is 2.75 bits per heavy atom. The number of benzene rings is 1. The van der Waals surface area contributed by atoms with Crippen molar-refractivity contribution in [1.29, 1.82) is 0 Å². The highest BCUT2D eigenvalue weighted by molar-refractivity contribution is 7.98. The smallest absolute Gasteiger partial charge is 0.165 e. The van der Waals surface area contributed by atoms with Crippen LogP contribution in [0.5, 0.6) is 5.75 Å². The summed E-state index contributed by atoms with van der Waals surface area (Å²) in [5, 5.41) is 0. The molecule has 1 aromatic rings. The summed E-state index contributed by atoms with van der Waals surface area (Å²) in [4.78, 5) is 1.03. The Hall–Kier alpha value is -0.700. The Morgan fingerprint density at radius 1 is 1.25 bits per heavy atom. The lowest BCUT2D eigenvalue weighted by atomic mass is 10.2. The van der Waals surface area contributed by atoms with Crippen LogP contribution in [-0.2, 0) is 0 Å². The van der Waals surface area contributed by atoms with Gasteiger partial charge in [0.05, 0.1) is 6.61 Å². The fourth-order valence-electron chi connectivity index (χ4n) is 1.43. The quantitative estimate of drug-likeness (QED) is 0.514. The number of hydrogen-bond donors (Lipinski definition) is 0. The minimum absolute atomic E-state index is 0.270. The number of halogens is 1. The van der Waals surface area contributed by atoms with Gasteiger partial charge in [0.2, 0.25) is 0 Å². The molecule has 0 saturated heterocycles. The number of hydrogen-bond acceptors (Lipinski definition) is 2. The number of ether oxygens (including phenoxy) is 1. The minimum Gasteiger partial charge on any atom is -0.490 e. The maximum atomic E-state index is 13.3. The monoisotopic (exact) mass is 242 g/mol. The first-order valence-electron chi connectivity index (χ1n) is 5.74. The summed E-state index contributed by atoms with van der Waals surface area (Å²) in [5.74, 6) is 0.108. The Bertz CT molecular complexity index is 315. The van der Waals surface area contributed by atoms with Gasteiger partial charge in [0.25, 0.3) is 0 Å². The molecule has 0 saturated carbocycles. The van der Waals surface area contributed by atoms with Crippen LogP contribution in [0, 0.1) is 5.82 Å². The highest BCUT2D eigenvalue weighted by Gasteiger charge is 2.04. The lowest BCUT2D eigenvalue weighted by molar-refractivity contribution is 0.290. The van der Waals surface area contributed by atoms with Gasteiger partial charge in [-0.25, -0.2) is 4.39 Å². The summed E-state index contributed by atoms with van der Waals surface area (Å²) in [5.41, 5.74) is 0. The van der Waals surface area contributed by atoms with Crippen LogP contribution in [-0.4, -0.2) is 12.9 Å². The highest BCUT2D eigenvalue weighted by atomic mass is 32.2. The molecular formula is C13H19FOS. The Morgan fingerprint density at radius 2 is 2.06 bits per heavy atom. The highest BCUT2D eigenvalue weighted by Crippen LogP contribution is 2.24. The van der Waals surface area contributed by atoms with Crippen LogP contribution in [0.15, 0.2) is 23.1 Å². The molecule has 0 unspecified atom stereocenters. The maximum Gasteiger partial charge on any atom is 0.165 e. The van der Waals surface area contributed by atoms with Gasteiger partial charge in [0.15, 0.2) is 11.6 Å². The molecule has 0 radical (unpaired) electrons. The van der Waals surface area contributed by atoms with E-state index in [4.69, 9.17) is 4.74 Å². The topological polar surface area (TPSA) is 9.23 Å². The predicted molar refractivity (Wildman–Crippen MR) is 67.8 cm³/mol. The molecule has 0 aliphatic carbocycles. The molecule has 0 atom stereocenters. The zero-order chi connectivity index (χ0) is 11.8. The van der Waals surface area contributed by atoms with Gasteiger partial charge in [0, 0.05) is 4.90 Å². The van der Waals surface area contributed by atoms with E-state index in [0.717, 1.165) is 17.7 Å². The molecule has 0 aliphatic rings. The summed E-state index contributed by atoms with van der Waals surface area (Å²) >= 11 is 1.59. The Labute approximate surface area is 101 Å². The Balaban J connectivity index is 2.40. The fourth-order valence-corrected chi connectivity index (χ4v) is 1.86. The zero-order valence-corrected chi connectivity index (χ0v) is 10.8. The SMILES string of the molecule is CCCCCCOc1cc(SC)ccc1F. The van der Waals surface area contributed by atoms with Crippen molar-refractivity contribution in [3.63, 3.8) is 0 Å². The molecule has 0 aliphatic heterocycles. The van der Waals surface area contributed by atoms with Crippen molar-refractivity contribution in [1.82, 2.24) is 0 Å². The van der Waals surface area contributed by atoms with Crippen molar-refractivity contribution in [3.05, 3.63) is 24.0 Å². The van der Waals surface area contributed by atoms with Gasteiger partial charge < -0.3 is 4.74 Å². The standard InChI is InChI=1S/C13H19FOS/c1-3-4-5-6-9-15-13-10-11(16-2)7-8-12(13)14/h7-8,10H,3-6,9H2,1-2H3. The molecule has 0 heterocycles. The van der Waals surface area contributed by atoms with Gasteiger partial charge in [-0.05, 0) is 30.9 Å². The van der Waals surface area contributed by atoms with Crippen molar-refractivity contribution < 1.29 is 9.13 Å². The third-order valence-electron chi connectivity index (χ3n) is 2.39. The first kappa shape index (κ1) is 13.4. The number of unbranched alkanes of at least 4 members (excludes halogenated alkanes) is 3. The van der Waals surface area contributed by atoms with E-state index in [0.29, 0.717) is 12.4 Å². The van der Waals surface area contributed by atoms with Crippen LogP contribution in [0.1, 0.15) is 32.6 Å². The van der Waals surface area contributed by atoms with Crippen LogP contribution < -0.4 is 4.74 Å². The van der Waals surface area contributed by atoms with Crippen LogP contribution >= 0.6 is 11.8 Å². The first-order valence-corrected chi connectivity index (χ1v) is 6.96. The third-order valence-corrected chi connectivity index (χ3v) is 3.12. The summed E-state index contributed by atoms with van der Waals surface area (Å²) < 4.78 is 18.8. The largest absolute Gasteiger partial charge is 0.490 e. The fraction of sp³-hybridized carbons (Fsp3) is 0.538. The van der Waals surface area contributed by atoms with Crippen molar-refractivity contribution in [2.24, 2.45) is 0 Å². The van der Waals surface area contributed by atoms with Crippen LogP contribution in [0.2, 0.25) is 0 Å². The average molecular weight is 242 g/mol. The average Bonchev–Trinajstić information content (AvgIpc) is 2.31. The molecule has 1 nitrogen and oxygen atoms in total. The molecule has 0 amide bonds. The van der Waals surface area contributed by atoms with E-state index >= 15 is 0 Å².